The third kappa shape index (κ3) is 5.37. The minimum Gasteiger partial charge on any atom is -0.464 e. The summed E-state index contributed by atoms with van der Waals surface area (Å²) in [6, 6.07) is 7.68. The quantitative estimate of drug-likeness (QED) is 0.343. The average molecular weight is 505 g/mol. The predicted molar refractivity (Wildman–Crippen MR) is 130 cm³/mol. The molecule has 3 aromatic heterocycles. The Morgan fingerprint density at radius 1 is 1.24 bits per heavy atom. The molecule has 3 heterocycles. The molecule has 0 bridgehead atoms. The smallest absolute Gasteiger partial charge is 0.327 e. The number of halogens is 1. The summed E-state index contributed by atoms with van der Waals surface area (Å²) in [5.74, 6) is -0.912. The van der Waals surface area contributed by atoms with Crippen LogP contribution in [0.4, 0.5) is 10.2 Å². The van der Waals surface area contributed by atoms with Crippen LogP contribution in [0.25, 0.3) is 17.2 Å². The summed E-state index contributed by atoms with van der Waals surface area (Å²) in [5, 5.41) is 14.0. The second-order valence-electron chi connectivity index (χ2n) is 8.84. The van der Waals surface area contributed by atoms with E-state index >= 15 is 0 Å². The Morgan fingerprint density at radius 2 is 2.08 bits per heavy atom. The summed E-state index contributed by atoms with van der Waals surface area (Å²) in [6.45, 7) is 3.79. The van der Waals surface area contributed by atoms with Crippen molar-refractivity contribution < 1.29 is 18.7 Å². The Kier molecular flexibility index (Phi) is 6.71. The van der Waals surface area contributed by atoms with Gasteiger partial charge in [-0.1, -0.05) is 13.0 Å². The summed E-state index contributed by atoms with van der Waals surface area (Å²) in [5.41, 5.74) is 2.54. The van der Waals surface area contributed by atoms with Gasteiger partial charge >= 0.3 is 5.97 Å². The van der Waals surface area contributed by atoms with Gasteiger partial charge in [0.2, 0.25) is 5.82 Å². The van der Waals surface area contributed by atoms with Crippen molar-refractivity contribution in [2.75, 3.05) is 11.9 Å². The molecule has 1 amide bonds. The summed E-state index contributed by atoms with van der Waals surface area (Å²) >= 11 is 0. The second kappa shape index (κ2) is 10.2. The van der Waals surface area contributed by atoms with Gasteiger partial charge in [0.05, 0.1) is 29.9 Å². The minimum atomic E-state index is -0.659. The number of nitrogens with zero attached hydrogens (tertiary/aromatic N) is 7. The van der Waals surface area contributed by atoms with Crippen molar-refractivity contribution >= 4 is 17.7 Å². The predicted octanol–water partition coefficient (Wildman–Crippen LogP) is 3.45. The van der Waals surface area contributed by atoms with Crippen LogP contribution < -0.4 is 5.32 Å². The number of tetrazole rings is 1. The van der Waals surface area contributed by atoms with Crippen LogP contribution in [-0.4, -0.2) is 53.2 Å². The number of aromatic nitrogens is 7. The molecule has 12 heteroatoms. The Labute approximate surface area is 211 Å². The fraction of sp³-hybridized carbons (Fsp3) is 0.320. The van der Waals surface area contributed by atoms with Crippen LogP contribution in [0.3, 0.4) is 0 Å². The van der Waals surface area contributed by atoms with Gasteiger partial charge in [-0.3, -0.25) is 9.59 Å². The first-order chi connectivity index (χ1) is 17.9. The zero-order chi connectivity index (χ0) is 25.9. The molecular weight excluding hydrogens is 479 g/mol. The topological polar surface area (TPSA) is 130 Å². The number of benzene rings is 1. The molecule has 1 saturated carbocycles. The van der Waals surface area contributed by atoms with E-state index in [0.717, 1.165) is 18.5 Å². The van der Waals surface area contributed by atoms with E-state index < -0.39 is 17.7 Å². The molecule has 4 aromatic rings. The van der Waals surface area contributed by atoms with E-state index in [1.54, 1.807) is 31.5 Å². The van der Waals surface area contributed by atoms with E-state index in [4.69, 9.17) is 4.74 Å². The number of hydrogen-bond acceptors (Lipinski definition) is 8. The number of anilines is 1. The largest absolute Gasteiger partial charge is 0.464 e. The number of pyridine rings is 1. The Bertz CT molecular complexity index is 1460. The van der Waals surface area contributed by atoms with Gasteiger partial charge < -0.3 is 14.6 Å². The molecular formula is C25H25FN8O3. The number of hydrogen-bond donors (Lipinski definition) is 1. The van der Waals surface area contributed by atoms with E-state index in [0.29, 0.717) is 35.9 Å². The molecule has 190 valence electrons. The van der Waals surface area contributed by atoms with Crippen LogP contribution in [0.2, 0.25) is 0 Å². The van der Waals surface area contributed by atoms with Crippen LogP contribution in [-0.2, 0) is 16.1 Å². The monoisotopic (exact) mass is 504 g/mol. The van der Waals surface area contributed by atoms with Crippen molar-refractivity contribution in [3.05, 3.63) is 65.5 Å². The third-order valence-electron chi connectivity index (χ3n) is 5.90. The molecule has 1 aromatic carbocycles. The maximum Gasteiger partial charge on any atom is 0.327 e. The van der Waals surface area contributed by atoms with Crippen molar-refractivity contribution in [3.8, 4) is 17.2 Å². The molecule has 1 fully saturated rings. The lowest BCUT2D eigenvalue weighted by Gasteiger charge is -2.12. The Balaban J connectivity index is 1.36. The molecule has 5 rings (SSSR count). The first-order valence-electron chi connectivity index (χ1n) is 12.0. The summed E-state index contributed by atoms with van der Waals surface area (Å²) < 4.78 is 23.0. The minimum absolute atomic E-state index is 0.127. The van der Waals surface area contributed by atoms with E-state index in [9.17, 15) is 14.0 Å². The molecule has 1 aliphatic rings. The maximum atomic E-state index is 14.8. The summed E-state index contributed by atoms with van der Waals surface area (Å²) in [6.07, 6.45) is 6.54. The van der Waals surface area contributed by atoms with Crippen molar-refractivity contribution in [1.29, 1.82) is 0 Å². The fourth-order valence-electron chi connectivity index (χ4n) is 3.86. The van der Waals surface area contributed by atoms with Crippen LogP contribution in [0.5, 0.6) is 0 Å². The number of esters is 1. The van der Waals surface area contributed by atoms with Gasteiger partial charge in [-0.2, -0.15) is 0 Å². The molecule has 1 aliphatic carbocycles. The molecule has 1 N–H and O–H groups in total. The SMILES string of the molecule is CCCOC(=O)Cn1nnnc1-c1cccc(NC(=O)c2cc(-n3cnc(C4CC4)c3)c(C)cc2F)n1. The van der Waals surface area contributed by atoms with Gasteiger partial charge in [0.15, 0.2) is 0 Å². The van der Waals surface area contributed by atoms with Crippen molar-refractivity contribution in [2.45, 2.75) is 45.6 Å². The summed E-state index contributed by atoms with van der Waals surface area (Å²) in [7, 11) is 0. The number of nitrogens with one attached hydrogen (secondary N) is 1. The van der Waals surface area contributed by atoms with Gasteiger partial charge in [-0.15, -0.1) is 5.10 Å². The fourth-order valence-corrected chi connectivity index (χ4v) is 3.86. The van der Waals surface area contributed by atoms with Gasteiger partial charge in [0.25, 0.3) is 5.91 Å². The van der Waals surface area contributed by atoms with E-state index in [1.807, 2.05) is 17.7 Å². The lowest BCUT2D eigenvalue weighted by atomic mass is 10.1. The number of aryl methyl sites for hydroxylation is 1. The van der Waals surface area contributed by atoms with E-state index in [-0.39, 0.29) is 23.8 Å². The van der Waals surface area contributed by atoms with Crippen molar-refractivity contribution in [3.63, 3.8) is 0 Å². The van der Waals surface area contributed by atoms with E-state index in [2.05, 4.69) is 30.8 Å². The molecule has 11 nitrogen and oxygen atoms in total. The first-order valence-corrected chi connectivity index (χ1v) is 12.0. The van der Waals surface area contributed by atoms with Crippen LogP contribution in [0.15, 0.2) is 42.9 Å². The number of carbonyl (C=O) groups is 2. The second-order valence-corrected chi connectivity index (χ2v) is 8.84. The standard InChI is InChI=1S/C25H25FN8O3/c1-3-9-37-23(35)13-34-24(30-31-32-34)19-5-4-6-22(28-19)29-25(36)17-11-21(15(2)10-18(17)26)33-12-20(27-14-33)16-7-8-16/h4-6,10-12,14,16H,3,7-9,13H2,1-2H3,(H,28,29,36). The van der Waals surface area contributed by atoms with Gasteiger partial charge in [-0.05, 0) is 66.4 Å². The molecule has 0 spiro atoms. The number of ether oxygens (including phenoxy) is 1. The van der Waals surface area contributed by atoms with Crippen molar-refractivity contribution in [1.82, 2.24) is 34.7 Å². The normalized spacial score (nSPS) is 12.9. The zero-order valence-corrected chi connectivity index (χ0v) is 20.4. The van der Waals surface area contributed by atoms with Crippen LogP contribution >= 0.6 is 0 Å². The number of imidazole rings is 1. The highest BCUT2D eigenvalue weighted by atomic mass is 19.1. The maximum absolute atomic E-state index is 14.8. The third-order valence-corrected chi connectivity index (χ3v) is 5.90. The molecule has 0 atom stereocenters. The first kappa shape index (κ1) is 24.2. The van der Waals surface area contributed by atoms with Crippen LogP contribution in [0.1, 0.15) is 53.7 Å². The lowest BCUT2D eigenvalue weighted by Crippen LogP contribution is -2.17. The molecule has 0 saturated heterocycles. The lowest BCUT2D eigenvalue weighted by molar-refractivity contribution is -0.144. The number of carbonyl (C=O) groups excluding carboxylic acids is 2. The molecule has 0 radical (unpaired) electrons. The van der Waals surface area contributed by atoms with Crippen LogP contribution in [0, 0.1) is 12.7 Å². The molecule has 0 aliphatic heterocycles. The van der Waals surface area contributed by atoms with Gasteiger partial charge in [0, 0.05) is 12.1 Å². The Morgan fingerprint density at radius 3 is 2.86 bits per heavy atom. The average Bonchev–Trinajstić information content (AvgIpc) is 3.43. The van der Waals surface area contributed by atoms with E-state index in [1.165, 1.54) is 16.8 Å². The molecule has 37 heavy (non-hydrogen) atoms. The highest BCUT2D eigenvalue weighted by molar-refractivity contribution is 6.04. The highest BCUT2D eigenvalue weighted by Gasteiger charge is 2.26. The zero-order valence-electron chi connectivity index (χ0n) is 20.4. The number of amides is 1. The molecule has 0 unspecified atom stereocenters. The van der Waals surface area contributed by atoms with Gasteiger partial charge in [0.1, 0.15) is 23.9 Å². The Hall–Kier alpha value is -4.48. The van der Waals surface area contributed by atoms with Gasteiger partial charge in [-0.25, -0.2) is 19.0 Å². The summed E-state index contributed by atoms with van der Waals surface area (Å²) in [4.78, 5) is 33.9. The van der Waals surface area contributed by atoms with Crippen molar-refractivity contribution in [2.24, 2.45) is 0 Å². The highest BCUT2D eigenvalue weighted by Crippen LogP contribution is 2.39. The number of rotatable bonds is 9.